The summed E-state index contributed by atoms with van der Waals surface area (Å²) in [5, 5.41) is 11.9. The molecule has 108 valence electrons. The molecule has 1 aromatic carbocycles. The summed E-state index contributed by atoms with van der Waals surface area (Å²) < 4.78 is 38.7. The van der Waals surface area contributed by atoms with Crippen LogP contribution in [0.15, 0.2) is 36.5 Å². The third kappa shape index (κ3) is 3.31. The van der Waals surface area contributed by atoms with E-state index in [0.717, 1.165) is 11.6 Å². The van der Waals surface area contributed by atoms with Gasteiger partial charge in [0.05, 0.1) is 11.1 Å². The van der Waals surface area contributed by atoms with Crippen LogP contribution in [0.2, 0.25) is 0 Å². The van der Waals surface area contributed by atoms with Crippen LogP contribution in [0, 0.1) is 18.3 Å². The fraction of sp³-hybridized carbons (Fsp3) is 0.200. The Balaban J connectivity index is 2.26. The highest BCUT2D eigenvalue weighted by molar-refractivity contribution is 5.55. The maximum atomic E-state index is 12.9. The molecule has 21 heavy (non-hydrogen) atoms. The molecule has 0 saturated carbocycles. The second-order valence-electron chi connectivity index (χ2n) is 4.47. The molecule has 0 radical (unpaired) electrons. The van der Waals surface area contributed by atoms with E-state index in [9.17, 15) is 13.2 Å². The normalized spacial score (nSPS) is 11.0. The number of rotatable bonds is 3. The second-order valence-corrected chi connectivity index (χ2v) is 4.47. The Kier molecular flexibility index (Phi) is 4.13. The van der Waals surface area contributed by atoms with Crippen LogP contribution in [0.4, 0.5) is 19.0 Å². The molecule has 0 atom stereocenters. The molecule has 1 aromatic heterocycles. The minimum Gasteiger partial charge on any atom is -0.365 e. The van der Waals surface area contributed by atoms with Gasteiger partial charge >= 0.3 is 6.18 Å². The summed E-state index contributed by atoms with van der Waals surface area (Å²) in [7, 11) is 0. The Morgan fingerprint density at radius 3 is 2.62 bits per heavy atom. The smallest absolute Gasteiger partial charge is 0.365 e. The number of alkyl halides is 3. The fourth-order valence-electron chi connectivity index (χ4n) is 1.96. The van der Waals surface area contributed by atoms with Crippen LogP contribution in [0.25, 0.3) is 0 Å². The molecule has 0 saturated heterocycles. The zero-order chi connectivity index (χ0) is 15.5. The van der Waals surface area contributed by atoms with Crippen molar-refractivity contribution in [2.45, 2.75) is 19.6 Å². The van der Waals surface area contributed by atoms with E-state index in [1.165, 1.54) is 18.3 Å². The molecule has 3 nitrogen and oxygen atoms in total. The lowest BCUT2D eigenvalue weighted by molar-refractivity contribution is -0.138. The van der Waals surface area contributed by atoms with Crippen molar-refractivity contribution in [1.29, 1.82) is 5.26 Å². The Morgan fingerprint density at radius 1 is 1.24 bits per heavy atom. The van der Waals surface area contributed by atoms with Gasteiger partial charge < -0.3 is 5.32 Å². The first-order valence-electron chi connectivity index (χ1n) is 6.18. The number of pyridine rings is 1. The van der Waals surface area contributed by atoms with Crippen molar-refractivity contribution in [3.05, 3.63) is 58.8 Å². The number of anilines is 1. The number of aromatic nitrogens is 1. The van der Waals surface area contributed by atoms with Gasteiger partial charge in [-0.3, -0.25) is 0 Å². The number of nitrogens with zero attached hydrogens (tertiary/aromatic N) is 2. The highest BCUT2D eigenvalue weighted by Crippen LogP contribution is 2.32. The van der Waals surface area contributed by atoms with Crippen LogP contribution in [-0.4, -0.2) is 4.98 Å². The maximum Gasteiger partial charge on any atom is 0.416 e. The Labute approximate surface area is 120 Å². The number of hydrogen-bond acceptors (Lipinski definition) is 3. The van der Waals surface area contributed by atoms with E-state index in [1.54, 1.807) is 19.1 Å². The van der Waals surface area contributed by atoms with Crippen LogP contribution in [0.3, 0.4) is 0 Å². The number of benzene rings is 1. The minimum atomic E-state index is -4.41. The predicted molar refractivity (Wildman–Crippen MR) is 72.5 cm³/mol. The Hall–Kier alpha value is -2.55. The van der Waals surface area contributed by atoms with Gasteiger partial charge in [0.25, 0.3) is 0 Å². The Bertz CT molecular complexity index is 687. The van der Waals surface area contributed by atoms with Gasteiger partial charge in [-0.1, -0.05) is 18.2 Å². The quantitative estimate of drug-likeness (QED) is 0.933. The molecule has 1 heterocycles. The Morgan fingerprint density at radius 2 is 1.95 bits per heavy atom. The van der Waals surface area contributed by atoms with Gasteiger partial charge in [0, 0.05) is 12.7 Å². The first-order valence-corrected chi connectivity index (χ1v) is 6.18. The molecule has 0 aliphatic heterocycles. The third-order valence-electron chi connectivity index (χ3n) is 3.04. The second kappa shape index (κ2) is 5.83. The van der Waals surface area contributed by atoms with Gasteiger partial charge in [-0.2, -0.15) is 18.4 Å². The standard InChI is InChI=1S/C15H12F3N3/c1-10-6-7-20-14(12(10)8-19)21-9-11-4-2-3-5-13(11)15(16,17)18/h2-7H,9H2,1H3,(H,20,21). The van der Waals surface area contributed by atoms with Crippen LogP contribution >= 0.6 is 0 Å². The molecule has 0 spiro atoms. The number of aryl methyl sites for hydroxylation is 1. The first-order chi connectivity index (χ1) is 9.93. The van der Waals surface area contributed by atoms with E-state index >= 15 is 0 Å². The highest BCUT2D eigenvalue weighted by Gasteiger charge is 2.32. The van der Waals surface area contributed by atoms with Gasteiger partial charge in [0.1, 0.15) is 11.9 Å². The SMILES string of the molecule is Cc1ccnc(NCc2ccccc2C(F)(F)F)c1C#N. The highest BCUT2D eigenvalue weighted by atomic mass is 19.4. The molecule has 2 aromatic rings. The molecular formula is C15H12F3N3. The van der Waals surface area contributed by atoms with Crippen LogP contribution in [-0.2, 0) is 12.7 Å². The van der Waals surface area contributed by atoms with Gasteiger partial charge in [-0.25, -0.2) is 4.98 Å². The minimum absolute atomic E-state index is 0.0547. The van der Waals surface area contributed by atoms with Gasteiger partial charge in [0.15, 0.2) is 0 Å². The van der Waals surface area contributed by atoms with Crippen LogP contribution in [0.1, 0.15) is 22.3 Å². The summed E-state index contributed by atoms with van der Waals surface area (Å²) in [5.41, 5.74) is 0.474. The summed E-state index contributed by atoms with van der Waals surface area (Å²) in [6.07, 6.45) is -2.90. The average molecular weight is 291 g/mol. The molecule has 0 unspecified atom stereocenters. The van der Waals surface area contributed by atoms with E-state index in [-0.39, 0.29) is 17.9 Å². The van der Waals surface area contributed by atoms with Crippen LogP contribution < -0.4 is 5.32 Å². The van der Waals surface area contributed by atoms with E-state index in [4.69, 9.17) is 5.26 Å². The average Bonchev–Trinajstić information content (AvgIpc) is 2.44. The lowest BCUT2D eigenvalue weighted by Gasteiger charge is -2.14. The van der Waals surface area contributed by atoms with Crippen molar-refractivity contribution in [3.8, 4) is 6.07 Å². The number of nitrogens with one attached hydrogen (secondary N) is 1. The van der Waals surface area contributed by atoms with Crippen molar-refractivity contribution in [1.82, 2.24) is 4.98 Å². The molecule has 0 fully saturated rings. The van der Waals surface area contributed by atoms with E-state index in [1.807, 2.05) is 6.07 Å². The van der Waals surface area contributed by atoms with Crippen molar-refractivity contribution in [2.24, 2.45) is 0 Å². The molecule has 0 bridgehead atoms. The molecule has 1 N–H and O–H groups in total. The number of nitriles is 1. The van der Waals surface area contributed by atoms with Crippen molar-refractivity contribution in [2.75, 3.05) is 5.32 Å². The number of halogens is 3. The molecule has 0 amide bonds. The third-order valence-corrected chi connectivity index (χ3v) is 3.04. The fourth-order valence-corrected chi connectivity index (χ4v) is 1.96. The van der Waals surface area contributed by atoms with Gasteiger partial charge in [-0.05, 0) is 30.2 Å². The molecule has 0 aliphatic carbocycles. The predicted octanol–water partition coefficient (Wildman–Crippen LogP) is 3.89. The zero-order valence-corrected chi connectivity index (χ0v) is 11.2. The summed E-state index contributed by atoms with van der Waals surface area (Å²) in [5.74, 6) is 0.287. The maximum absolute atomic E-state index is 12.9. The van der Waals surface area contributed by atoms with Gasteiger partial charge in [0.2, 0.25) is 0 Å². The first kappa shape index (κ1) is 14.9. The van der Waals surface area contributed by atoms with E-state index in [0.29, 0.717) is 5.56 Å². The van der Waals surface area contributed by atoms with E-state index in [2.05, 4.69) is 10.3 Å². The van der Waals surface area contributed by atoms with Crippen molar-refractivity contribution < 1.29 is 13.2 Å². The summed E-state index contributed by atoms with van der Waals surface area (Å²) in [6, 6.07) is 8.99. The van der Waals surface area contributed by atoms with Crippen molar-refractivity contribution >= 4 is 5.82 Å². The summed E-state index contributed by atoms with van der Waals surface area (Å²) >= 11 is 0. The molecule has 0 aliphatic rings. The molecular weight excluding hydrogens is 279 g/mol. The van der Waals surface area contributed by atoms with Crippen molar-refractivity contribution in [3.63, 3.8) is 0 Å². The van der Waals surface area contributed by atoms with Crippen LogP contribution in [0.5, 0.6) is 0 Å². The molecule has 6 heteroatoms. The van der Waals surface area contributed by atoms with Gasteiger partial charge in [-0.15, -0.1) is 0 Å². The monoisotopic (exact) mass is 291 g/mol. The summed E-state index contributed by atoms with van der Waals surface area (Å²) in [4.78, 5) is 4.00. The number of hydrogen-bond donors (Lipinski definition) is 1. The largest absolute Gasteiger partial charge is 0.416 e. The molecule has 2 rings (SSSR count). The topological polar surface area (TPSA) is 48.7 Å². The zero-order valence-electron chi connectivity index (χ0n) is 11.2. The lowest BCUT2D eigenvalue weighted by atomic mass is 10.1. The lowest BCUT2D eigenvalue weighted by Crippen LogP contribution is -2.12. The van der Waals surface area contributed by atoms with E-state index < -0.39 is 11.7 Å². The summed E-state index contributed by atoms with van der Waals surface area (Å²) in [6.45, 7) is 1.69.